The summed E-state index contributed by atoms with van der Waals surface area (Å²) in [4.78, 5) is 17.9. The van der Waals surface area contributed by atoms with E-state index in [9.17, 15) is 4.79 Å². The minimum atomic E-state index is -0.392. The van der Waals surface area contributed by atoms with E-state index in [1.165, 1.54) is 17.3 Å². The maximum Gasteiger partial charge on any atom is 0.283 e. The van der Waals surface area contributed by atoms with E-state index in [2.05, 4.69) is 18.0 Å². The Morgan fingerprint density at radius 1 is 1.10 bits per heavy atom. The topological polar surface area (TPSA) is 75.0 Å². The molecule has 2 aromatic rings. The summed E-state index contributed by atoms with van der Waals surface area (Å²) >= 11 is 1.34. The largest absolute Gasteiger partial charge is 0.493 e. The van der Waals surface area contributed by atoms with Gasteiger partial charge in [0, 0.05) is 12.6 Å². The number of carbonyl (C=O) groups is 1. The van der Waals surface area contributed by atoms with Crippen LogP contribution in [0.15, 0.2) is 64.6 Å². The number of hydrogen-bond acceptors (Lipinski definition) is 5. The average Bonchev–Trinajstić information content (AvgIpc) is 3.22. The fourth-order valence-corrected chi connectivity index (χ4v) is 3.96. The summed E-state index contributed by atoms with van der Waals surface area (Å²) in [6, 6.07) is 13.6. The van der Waals surface area contributed by atoms with Crippen LogP contribution in [0.3, 0.4) is 0 Å². The molecule has 2 heterocycles. The predicted octanol–water partition coefficient (Wildman–Crippen LogP) is 4.93. The number of thioether (sulfide) groups is 1. The summed E-state index contributed by atoms with van der Waals surface area (Å²) in [6.45, 7) is 5.25. The number of benzene rings is 2. The fourth-order valence-electron chi connectivity index (χ4n) is 3.25. The van der Waals surface area contributed by atoms with Gasteiger partial charge in [0.15, 0.2) is 5.17 Å². The van der Waals surface area contributed by atoms with Gasteiger partial charge in [-0.2, -0.15) is 4.99 Å². The monoisotopic (exact) mass is 433 g/mol. The lowest BCUT2D eigenvalue weighted by Crippen LogP contribution is -2.35. The van der Waals surface area contributed by atoms with Gasteiger partial charge < -0.3 is 9.47 Å². The first-order valence-corrected chi connectivity index (χ1v) is 10.9. The number of fused-ring (bicyclic) bond motifs is 1. The first-order chi connectivity index (χ1) is 15.0. The van der Waals surface area contributed by atoms with Crippen LogP contribution in [0.1, 0.15) is 23.1 Å². The van der Waals surface area contributed by atoms with E-state index in [0.717, 1.165) is 29.0 Å². The predicted molar refractivity (Wildman–Crippen MR) is 125 cm³/mol. The maximum atomic E-state index is 12.3. The quantitative estimate of drug-likeness (QED) is 0.495. The van der Waals surface area contributed by atoms with Crippen molar-refractivity contribution in [3.05, 3.63) is 76.3 Å². The number of amides is 1. The molecule has 2 aliphatic heterocycles. The number of amidine groups is 2. The van der Waals surface area contributed by atoms with E-state index in [0.29, 0.717) is 18.4 Å². The highest BCUT2D eigenvalue weighted by Crippen LogP contribution is 2.27. The van der Waals surface area contributed by atoms with E-state index in [1.54, 1.807) is 17.2 Å². The minimum Gasteiger partial charge on any atom is -0.493 e. The van der Waals surface area contributed by atoms with Crippen molar-refractivity contribution in [2.24, 2.45) is 4.99 Å². The molecule has 0 saturated heterocycles. The lowest BCUT2D eigenvalue weighted by atomic mass is 10.1. The Morgan fingerprint density at radius 2 is 1.87 bits per heavy atom. The minimum absolute atomic E-state index is 0.139. The molecule has 31 heavy (non-hydrogen) atoms. The SMILES string of the molecule is Cc1ccc(OCCCOc2ccc(/C=C3/C(=N)N4C=CSC4=NC3=O)cc2)c(C)c1. The van der Waals surface area contributed by atoms with Gasteiger partial charge in [0.1, 0.15) is 17.3 Å². The highest BCUT2D eigenvalue weighted by Gasteiger charge is 2.30. The summed E-state index contributed by atoms with van der Waals surface area (Å²) in [5.74, 6) is 1.40. The highest BCUT2D eigenvalue weighted by atomic mass is 32.2. The van der Waals surface area contributed by atoms with Crippen LogP contribution in [-0.2, 0) is 4.79 Å². The molecule has 0 radical (unpaired) electrons. The molecule has 1 amide bonds. The highest BCUT2D eigenvalue weighted by molar-refractivity contribution is 8.16. The van der Waals surface area contributed by atoms with Crippen molar-refractivity contribution in [2.75, 3.05) is 13.2 Å². The Morgan fingerprint density at radius 3 is 2.65 bits per heavy atom. The lowest BCUT2D eigenvalue weighted by Gasteiger charge is -2.22. The zero-order chi connectivity index (χ0) is 21.8. The third kappa shape index (κ3) is 4.88. The van der Waals surface area contributed by atoms with Crippen molar-refractivity contribution < 1.29 is 14.3 Å². The second-order valence-corrected chi connectivity index (χ2v) is 8.14. The van der Waals surface area contributed by atoms with Gasteiger partial charge in [-0.1, -0.05) is 41.6 Å². The molecule has 6 nitrogen and oxygen atoms in total. The van der Waals surface area contributed by atoms with Crippen LogP contribution in [0.25, 0.3) is 6.08 Å². The summed E-state index contributed by atoms with van der Waals surface area (Å²) in [5.41, 5.74) is 3.44. The molecular formula is C24H23N3O3S. The Balaban J connectivity index is 1.28. The Kier molecular flexibility index (Phi) is 6.23. The summed E-state index contributed by atoms with van der Waals surface area (Å²) in [7, 11) is 0. The van der Waals surface area contributed by atoms with Crippen LogP contribution in [0, 0.1) is 19.3 Å². The maximum absolute atomic E-state index is 12.3. The second-order valence-electron chi connectivity index (χ2n) is 7.27. The number of aliphatic imine (C=N–C) groups is 1. The van der Waals surface area contributed by atoms with E-state index in [-0.39, 0.29) is 11.4 Å². The molecule has 2 aromatic carbocycles. The molecule has 4 rings (SSSR count). The molecule has 0 aliphatic carbocycles. The molecular weight excluding hydrogens is 410 g/mol. The van der Waals surface area contributed by atoms with E-state index < -0.39 is 5.91 Å². The summed E-state index contributed by atoms with van der Waals surface area (Å²) in [6.07, 6.45) is 4.20. The molecule has 0 bridgehead atoms. The van der Waals surface area contributed by atoms with Gasteiger partial charge in [-0.25, -0.2) is 0 Å². The van der Waals surface area contributed by atoms with Crippen molar-refractivity contribution in [1.29, 1.82) is 5.41 Å². The molecule has 158 valence electrons. The average molecular weight is 434 g/mol. The summed E-state index contributed by atoms with van der Waals surface area (Å²) < 4.78 is 11.6. The van der Waals surface area contributed by atoms with Crippen LogP contribution in [0.5, 0.6) is 11.5 Å². The van der Waals surface area contributed by atoms with Crippen molar-refractivity contribution >= 4 is 34.7 Å². The fraction of sp³-hybridized carbons (Fsp3) is 0.208. The van der Waals surface area contributed by atoms with Gasteiger partial charge in [0.05, 0.1) is 18.8 Å². The van der Waals surface area contributed by atoms with E-state index in [1.807, 2.05) is 48.7 Å². The normalized spacial score (nSPS) is 16.5. The van der Waals surface area contributed by atoms with Gasteiger partial charge in [-0.15, -0.1) is 0 Å². The number of nitrogens with zero attached hydrogens (tertiary/aromatic N) is 2. The zero-order valence-electron chi connectivity index (χ0n) is 17.4. The Hall–Kier alpha value is -3.32. The molecule has 0 aromatic heterocycles. The third-order valence-corrected chi connectivity index (χ3v) is 5.61. The summed E-state index contributed by atoms with van der Waals surface area (Å²) in [5, 5.41) is 10.6. The number of rotatable bonds is 7. The van der Waals surface area contributed by atoms with E-state index >= 15 is 0 Å². The van der Waals surface area contributed by atoms with Crippen LogP contribution in [0.4, 0.5) is 0 Å². The second kappa shape index (κ2) is 9.22. The number of ether oxygens (including phenoxy) is 2. The lowest BCUT2D eigenvalue weighted by molar-refractivity contribution is -0.114. The van der Waals surface area contributed by atoms with Crippen LogP contribution < -0.4 is 9.47 Å². The first kappa shape index (κ1) is 20.9. The number of carbonyl (C=O) groups excluding carboxylic acids is 1. The van der Waals surface area contributed by atoms with Gasteiger partial charge in [0.2, 0.25) is 0 Å². The molecule has 7 heteroatoms. The van der Waals surface area contributed by atoms with Gasteiger partial charge in [-0.05, 0) is 54.7 Å². The van der Waals surface area contributed by atoms with Crippen molar-refractivity contribution in [3.8, 4) is 11.5 Å². The van der Waals surface area contributed by atoms with Crippen molar-refractivity contribution in [1.82, 2.24) is 4.90 Å². The van der Waals surface area contributed by atoms with Gasteiger partial charge in [-0.3, -0.25) is 15.1 Å². The smallest absolute Gasteiger partial charge is 0.283 e. The third-order valence-electron chi connectivity index (χ3n) is 4.85. The first-order valence-electron chi connectivity index (χ1n) is 10.0. The molecule has 0 unspecified atom stereocenters. The molecule has 2 aliphatic rings. The van der Waals surface area contributed by atoms with Gasteiger partial charge >= 0.3 is 0 Å². The molecule has 0 saturated carbocycles. The van der Waals surface area contributed by atoms with Crippen LogP contribution in [0.2, 0.25) is 0 Å². The number of nitrogens with one attached hydrogen (secondary N) is 1. The number of hydrogen-bond donors (Lipinski definition) is 1. The van der Waals surface area contributed by atoms with Crippen LogP contribution in [-0.4, -0.2) is 35.0 Å². The van der Waals surface area contributed by atoms with Crippen molar-refractivity contribution in [2.45, 2.75) is 20.3 Å². The molecule has 1 N–H and O–H groups in total. The standard InChI is InChI=1S/C24H23N3O3S/c1-16-4-9-21(17(2)14-16)30-12-3-11-29-19-7-5-18(6-8-19)15-20-22(25)27-10-13-31-24(27)26-23(20)28/h4-10,13-15,25H,3,11-12H2,1-2H3/b20-15-,25-22?. The van der Waals surface area contributed by atoms with Crippen molar-refractivity contribution in [3.63, 3.8) is 0 Å². The number of aryl methyl sites for hydroxylation is 2. The molecule has 0 fully saturated rings. The van der Waals surface area contributed by atoms with Gasteiger partial charge in [0.25, 0.3) is 5.91 Å². The zero-order valence-corrected chi connectivity index (χ0v) is 18.2. The van der Waals surface area contributed by atoms with Crippen LogP contribution >= 0.6 is 11.8 Å². The Labute approximate surface area is 185 Å². The Bertz CT molecular complexity index is 1100. The molecule has 0 atom stereocenters. The van der Waals surface area contributed by atoms with E-state index in [4.69, 9.17) is 14.9 Å². The molecule has 0 spiro atoms.